The minimum Gasteiger partial charge on any atom is -0.335 e. The topological polar surface area (TPSA) is 87.6 Å². The second kappa shape index (κ2) is 12.6. The summed E-state index contributed by atoms with van der Waals surface area (Å²) in [5.74, 6) is -1.50. The van der Waals surface area contributed by atoms with E-state index in [9.17, 15) is 18.0 Å². The number of hydrogen-bond acceptors (Lipinski definition) is 6. The Hall–Kier alpha value is -2.88. The third-order valence-corrected chi connectivity index (χ3v) is 8.99. The summed E-state index contributed by atoms with van der Waals surface area (Å²) in [4.78, 5) is 33.3. The molecule has 0 N–H and O–H groups in total. The van der Waals surface area contributed by atoms with Crippen molar-refractivity contribution < 1.29 is 18.0 Å². The van der Waals surface area contributed by atoms with Crippen LogP contribution in [0.15, 0.2) is 54.6 Å². The molecule has 1 atom stereocenters. The molecule has 0 aliphatic heterocycles. The van der Waals surface area contributed by atoms with Gasteiger partial charge in [-0.05, 0) is 44.7 Å². The van der Waals surface area contributed by atoms with Crippen LogP contribution >= 0.6 is 11.3 Å². The summed E-state index contributed by atoms with van der Waals surface area (Å²) < 4.78 is 25.4. The Morgan fingerprint density at radius 1 is 1.00 bits per heavy atom. The van der Waals surface area contributed by atoms with Crippen LogP contribution in [0.1, 0.15) is 56.3 Å². The zero-order valence-corrected chi connectivity index (χ0v) is 23.7. The van der Waals surface area contributed by atoms with Crippen LogP contribution in [-0.4, -0.2) is 60.7 Å². The molecular formula is C28H35N3O4S2. The Kier molecular flexibility index (Phi) is 9.75. The van der Waals surface area contributed by atoms with Gasteiger partial charge >= 0.3 is 0 Å². The zero-order valence-electron chi connectivity index (χ0n) is 22.1. The monoisotopic (exact) mass is 541 g/mol. The van der Waals surface area contributed by atoms with E-state index in [1.807, 2.05) is 56.3 Å². The number of aryl methyl sites for hydroxylation is 3. The summed E-state index contributed by atoms with van der Waals surface area (Å²) in [7, 11) is -0.891. The molecule has 3 rings (SSSR count). The van der Waals surface area contributed by atoms with Gasteiger partial charge in [0.15, 0.2) is 5.78 Å². The van der Waals surface area contributed by atoms with E-state index in [0.717, 1.165) is 28.3 Å². The Bertz CT molecular complexity index is 1320. The number of hydrogen-bond donors (Lipinski definition) is 0. The van der Waals surface area contributed by atoms with E-state index in [0.29, 0.717) is 16.4 Å². The van der Waals surface area contributed by atoms with Crippen LogP contribution in [0.3, 0.4) is 0 Å². The highest BCUT2D eigenvalue weighted by Gasteiger charge is 2.26. The van der Waals surface area contributed by atoms with Gasteiger partial charge in [0.25, 0.3) is 0 Å². The van der Waals surface area contributed by atoms with Crippen LogP contribution in [0.4, 0.5) is 0 Å². The lowest BCUT2D eigenvalue weighted by Gasteiger charge is -2.25. The molecule has 1 amide bonds. The van der Waals surface area contributed by atoms with Crippen molar-refractivity contribution in [2.75, 3.05) is 26.4 Å². The molecular weight excluding hydrogens is 506 g/mol. The summed E-state index contributed by atoms with van der Waals surface area (Å²) in [5.41, 5.74) is 3.45. The first-order valence-corrected chi connectivity index (χ1v) is 14.7. The van der Waals surface area contributed by atoms with Crippen LogP contribution in [0.25, 0.3) is 0 Å². The van der Waals surface area contributed by atoms with Gasteiger partial charge in [-0.15, -0.1) is 11.3 Å². The summed E-state index contributed by atoms with van der Waals surface area (Å²) in [6, 6.07) is 18.1. The van der Waals surface area contributed by atoms with E-state index in [2.05, 4.69) is 17.1 Å². The van der Waals surface area contributed by atoms with Crippen molar-refractivity contribution in [2.45, 2.75) is 46.1 Å². The lowest BCUT2D eigenvalue weighted by molar-refractivity contribution is -0.133. The van der Waals surface area contributed by atoms with Crippen molar-refractivity contribution >= 4 is 33.1 Å². The van der Waals surface area contributed by atoms with Gasteiger partial charge in [0.1, 0.15) is 16.5 Å². The van der Waals surface area contributed by atoms with Gasteiger partial charge in [0, 0.05) is 25.5 Å². The molecule has 198 valence electrons. The zero-order chi connectivity index (χ0) is 27.2. The fourth-order valence-corrected chi connectivity index (χ4v) is 5.65. The number of thiazole rings is 1. The normalized spacial score (nSPS) is 12.5. The standard InChI is InChI=1S/C28H35N3O4S2/c1-20-13-15-24(16-14-20)21(2)28(33)31(17-9-12-23-10-7-6-8-11-23)18-26-29-27(22(3)36-26)25(32)19-37(34,35)30(4)5/h6-8,10-11,13-16,21H,9,12,17-19H2,1-5H3. The van der Waals surface area contributed by atoms with Crippen molar-refractivity contribution in [3.8, 4) is 0 Å². The molecule has 1 aromatic heterocycles. The minimum absolute atomic E-state index is 0.00664. The Morgan fingerprint density at radius 2 is 1.65 bits per heavy atom. The van der Waals surface area contributed by atoms with Gasteiger partial charge in [0.2, 0.25) is 15.9 Å². The molecule has 9 heteroatoms. The van der Waals surface area contributed by atoms with Gasteiger partial charge in [-0.25, -0.2) is 17.7 Å². The second-order valence-corrected chi connectivity index (χ2v) is 12.9. The molecule has 0 spiro atoms. The van der Waals surface area contributed by atoms with Crippen molar-refractivity contribution in [2.24, 2.45) is 0 Å². The molecule has 0 aliphatic carbocycles. The van der Waals surface area contributed by atoms with E-state index in [1.165, 1.54) is 31.0 Å². The van der Waals surface area contributed by atoms with Gasteiger partial charge in [-0.1, -0.05) is 60.2 Å². The molecule has 0 saturated heterocycles. The van der Waals surface area contributed by atoms with E-state index >= 15 is 0 Å². The molecule has 1 unspecified atom stereocenters. The number of sulfonamides is 1. The Balaban J connectivity index is 1.79. The molecule has 0 radical (unpaired) electrons. The number of benzene rings is 2. The Morgan fingerprint density at radius 3 is 2.27 bits per heavy atom. The van der Waals surface area contributed by atoms with Crippen LogP contribution in [-0.2, 0) is 27.8 Å². The highest BCUT2D eigenvalue weighted by atomic mass is 32.2. The maximum absolute atomic E-state index is 13.6. The second-order valence-electron chi connectivity index (χ2n) is 9.46. The number of ketones is 1. The lowest BCUT2D eigenvalue weighted by Crippen LogP contribution is -2.35. The number of amides is 1. The minimum atomic E-state index is -3.69. The van der Waals surface area contributed by atoms with Crippen LogP contribution in [0.2, 0.25) is 0 Å². The van der Waals surface area contributed by atoms with E-state index in [1.54, 1.807) is 11.8 Å². The van der Waals surface area contributed by atoms with Gasteiger partial charge < -0.3 is 4.90 Å². The molecule has 0 bridgehead atoms. The van der Waals surface area contributed by atoms with E-state index in [-0.39, 0.29) is 24.1 Å². The molecule has 3 aromatic rings. The molecule has 7 nitrogen and oxygen atoms in total. The highest BCUT2D eigenvalue weighted by molar-refractivity contribution is 7.89. The SMILES string of the molecule is Cc1ccc(C(C)C(=O)N(CCCc2ccccc2)Cc2nc(C(=O)CS(=O)(=O)N(C)C)c(C)s2)cc1. The summed E-state index contributed by atoms with van der Waals surface area (Å²) in [6.45, 7) is 6.49. The summed E-state index contributed by atoms with van der Waals surface area (Å²) in [5, 5.41) is 0.618. The first-order valence-electron chi connectivity index (χ1n) is 12.3. The van der Waals surface area contributed by atoms with Crippen molar-refractivity contribution in [3.63, 3.8) is 0 Å². The largest absolute Gasteiger partial charge is 0.335 e. The first kappa shape index (κ1) is 28.7. The highest BCUT2D eigenvalue weighted by Crippen LogP contribution is 2.24. The number of aromatic nitrogens is 1. The third-order valence-electron chi connectivity index (χ3n) is 6.30. The third kappa shape index (κ3) is 7.80. The van der Waals surface area contributed by atoms with Gasteiger partial charge in [-0.2, -0.15) is 0 Å². The van der Waals surface area contributed by atoms with E-state index in [4.69, 9.17) is 0 Å². The average molecular weight is 542 g/mol. The summed E-state index contributed by atoms with van der Waals surface area (Å²) in [6.07, 6.45) is 1.63. The fourth-order valence-electron chi connectivity index (χ4n) is 3.96. The predicted octanol–water partition coefficient (Wildman–Crippen LogP) is 4.60. The predicted molar refractivity (Wildman–Crippen MR) is 148 cm³/mol. The number of rotatable bonds is 12. The van der Waals surface area contributed by atoms with Crippen molar-refractivity contribution in [3.05, 3.63) is 86.9 Å². The summed E-state index contributed by atoms with van der Waals surface area (Å²) >= 11 is 1.33. The number of nitrogens with zero attached hydrogens (tertiary/aromatic N) is 3. The average Bonchev–Trinajstić information content (AvgIpc) is 3.23. The number of Topliss-reactive ketones (excluding diaryl/α,β-unsaturated/α-hetero) is 1. The maximum Gasteiger partial charge on any atom is 0.230 e. The molecule has 0 fully saturated rings. The first-order chi connectivity index (χ1) is 17.5. The Labute approximate surface area is 224 Å². The number of carbonyl (C=O) groups is 2. The van der Waals surface area contributed by atoms with E-state index < -0.39 is 21.6 Å². The lowest BCUT2D eigenvalue weighted by atomic mass is 9.98. The number of carbonyl (C=O) groups excluding carboxylic acids is 2. The van der Waals surface area contributed by atoms with Crippen molar-refractivity contribution in [1.82, 2.24) is 14.2 Å². The van der Waals surface area contributed by atoms with Crippen molar-refractivity contribution in [1.29, 1.82) is 0 Å². The molecule has 1 heterocycles. The maximum atomic E-state index is 13.6. The van der Waals surface area contributed by atoms with Crippen LogP contribution < -0.4 is 0 Å². The smallest absolute Gasteiger partial charge is 0.230 e. The van der Waals surface area contributed by atoms with Crippen LogP contribution in [0, 0.1) is 13.8 Å². The molecule has 2 aromatic carbocycles. The fraction of sp³-hybridized carbons (Fsp3) is 0.393. The van der Waals surface area contributed by atoms with Gasteiger partial charge in [0.05, 0.1) is 12.5 Å². The molecule has 0 saturated carbocycles. The molecule has 37 heavy (non-hydrogen) atoms. The van der Waals surface area contributed by atoms with Gasteiger partial charge in [-0.3, -0.25) is 9.59 Å². The molecule has 0 aliphatic rings. The van der Waals surface area contributed by atoms with Crippen LogP contribution in [0.5, 0.6) is 0 Å². The quantitative estimate of drug-likeness (QED) is 0.313.